The fraction of sp³-hybridized carbons (Fsp3) is 0.188. The molecule has 0 amide bonds. The second-order valence-corrected chi connectivity index (χ2v) is 6.49. The summed E-state index contributed by atoms with van der Waals surface area (Å²) in [5, 5.41) is 3.49. The predicted molar refractivity (Wildman–Crippen MR) is 85.7 cm³/mol. The van der Waals surface area contributed by atoms with E-state index in [1.165, 1.54) is 0 Å². The number of furan rings is 1. The van der Waals surface area contributed by atoms with Gasteiger partial charge in [0.05, 0.1) is 16.3 Å². The van der Waals surface area contributed by atoms with Crippen molar-refractivity contribution in [2.75, 3.05) is 0 Å². The lowest BCUT2D eigenvalue weighted by Crippen LogP contribution is -2.21. The average Bonchev–Trinajstić information content (AvgIpc) is 3.12. The fourth-order valence-electron chi connectivity index (χ4n) is 2.18. The maximum atomic E-state index is 6.05. The maximum Gasteiger partial charge on any atom is 0.126 e. The molecular formula is C16H15ClN2OS. The second kappa shape index (κ2) is 6.43. The highest BCUT2D eigenvalue weighted by atomic mass is 35.5. The molecule has 0 spiro atoms. The Bertz CT molecular complexity index is 709. The molecule has 0 aliphatic carbocycles. The lowest BCUT2D eigenvalue weighted by molar-refractivity contribution is 0.447. The van der Waals surface area contributed by atoms with Gasteiger partial charge in [-0.1, -0.05) is 17.7 Å². The summed E-state index contributed by atoms with van der Waals surface area (Å²) in [5.41, 5.74) is 2.03. The quantitative estimate of drug-likeness (QED) is 0.748. The van der Waals surface area contributed by atoms with E-state index in [4.69, 9.17) is 16.0 Å². The molecule has 3 aromatic heterocycles. The van der Waals surface area contributed by atoms with Crippen LogP contribution in [0, 0.1) is 6.92 Å². The van der Waals surface area contributed by atoms with Crippen LogP contribution in [0.2, 0.25) is 4.34 Å². The fourth-order valence-corrected chi connectivity index (χ4v) is 3.33. The van der Waals surface area contributed by atoms with Gasteiger partial charge in [0.15, 0.2) is 0 Å². The number of hydrogen-bond acceptors (Lipinski definition) is 4. The van der Waals surface area contributed by atoms with E-state index < -0.39 is 0 Å². The third-order valence-electron chi connectivity index (χ3n) is 3.14. The van der Waals surface area contributed by atoms with Crippen LogP contribution in [0.15, 0.2) is 53.1 Å². The van der Waals surface area contributed by atoms with Crippen LogP contribution >= 0.6 is 22.9 Å². The molecular weight excluding hydrogens is 304 g/mol. The SMILES string of the molecule is Cc1cccc(CNC(c2ccco2)c2ccc(Cl)s2)n1. The van der Waals surface area contributed by atoms with Gasteiger partial charge in [0.2, 0.25) is 0 Å². The van der Waals surface area contributed by atoms with Crippen LogP contribution in [0.25, 0.3) is 0 Å². The van der Waals surface area contributed by atoms with Crippen LogP contribution < -0.4 is 5.32 Å². The van der Waals surface area contributed by atoms with Gasteiger partial charge in [-0.3, -0.25) is 10.3 Å². The normalized spacial score (nSPS) is 12.5. The molecule has 1 N–H and O–H groups in total. The number of thiophene rings is 1. The standard InChI is InChI=1S/C16H15ClN2OS/c1-11-4-2-5-12(19-11)10-18-16(13-6-3-9-20-13)14-7-8-15(17)21-14/h2-9,16,18H,10H2,1H3. The van der Waals surface area contributed by atoms with E-state index in [9.17, 15) is 0 Å². The zero-order valence-corrected chi connectivity index (χ0v) is 13.1. The van der Waals surface area contributed by atoms with E-state index in [1.807, 2.05) is 49.4 Å². The van der Waals surface area contributed by atoms with Gasteiger partial charge in [-0.2, -0.15) is 0 Å². The Kier molecular flexibility index (Phi) is 4.39. The Morgan fingerprint density at radius 2 is 2.14 bits per heavy atom. The summed E-state index contributed by atoms with van der Waals surface area (Å²) in [7, 11) is 0. The average molecular weight is 319 g/mol. The number of nitrogens with one attached hydrogen (secondary N) is 1. The topological polar surface area (TPSA) is 38.1 Å². The minimum atomic E-state index is -0.0141. The molecule has 3 heterocycles. The highest BCUT2D eigenvalue weighted by Crippen LogP contribution is 2.31. The first kappa shape index (κ1) is 14.3. The summed E-state index contributed by atoms with van der Waals surface area (Å²) < 4.78 is 6.33. The third-order valence-corrected chi connectivity index (χ3v) is 4.44. The molecule has 0 aromatic carbocycles. The van der Waals surface area contributed by atoms with E-state index in [0.29, 0.717) is 6.54 Å². The summed E-state index contributed by atoms with van der Waals surface area (Å²) in [6, 6.07) is 13.8. The van der Waals surface area contributed by atoms with Crippen molar-refractivity contribution in [1.29, 1.82) is 0 Å². The van der Waals surface area contributed by atoms with Crippen LogP contribution in [-0.2, 0) is 6.54 Å². The molecule has 0 saturated carbocycles. The Balaban J connectivity index is 1.80. The van der Waals surface area contributed by atoms with Crippen molar-refractivity contribution < 1.29 is 4.42 Å². The minimum absolute atomic E-state index is 0.0141. The molecule has 0 aliphatic heterocycles. The van der Waals surface area contributed by atoms with Crippen LogP contribution in [0.4, 0.5) is 0 Å². The van der Waals surface area contributed by atoms with Crippen LogP contribution in [0.1, 0.15) is 28.1 Å². The first-order valence-electron chi connectivity index (χ1n) is 6.67. The van der Waals surface area contributed by atoms with Gasteiger partial charge in [0.25, 0.3) is 0 Å². The Labute approximate surface area is 132 Å². The van der Waals surface area contributed by atoms with Crippen LogP contribution in [-0.4, -0.2) is 4.98 Å². The van der Waals surface area contributed by atoms with E-state index >= 15 is 0 Å². The molecule has 3 aromatic rings. The van der Waals surface area contributed by atoms with Crippen LogP contribution in [0.3, 0.4) is 0 Å². The number of hydrogen-bond donors (Lipinski definition) is 1. The highest BCUT2D eigenvalue weighted by Gasteiger charge is 2.18. The van der Waals surface area contributed by atoms with Crippen molar-refractivity contribution in [2.24, 2.45) is 0 Å². The van der Waals surface area contributed by atoms with Gasteiger partial charge in [-0.25, -0.2) is 0 Å². The smallest absolute Gasteiger partial charge is 0.126 e. The first-order chi connectivity index (χ1) is 10.2. The largest absolute Gasteiger partial charge is 0.467 e. The molecule has 3 nitrogen and oxygen atoms in total. The number of rotatable bonds is 5. The summed E-state index contributed by atoms with van der Waals surface area (Å²) in [4.78, 5) is 5.64. The lowest BCUT2D eigenvalue weighted by atomic mass is 10.2. The maximum absolute atomic E-state index is 6.05. The Morgan fingerprint density at radius 3 is 2.81 bits per heavy atom. The van der Waals surface area contributed by atoms with Gasteiger partial charge >= 0.3 is 0 Å². The number of nitrogens with zero attached hydrogens (tertiary/aromatic N) is 1. The van der Waals surface area contributed by atoms with Crippen molar-refractivity contribution in [1.82, 2.24) is 10.3 Å². The van der Waals surface area contributed by atoms with Crippen molar-refractivity contribution in [3.05, 3.63) is 75.1 Å². The van der Waals surface area contributed by atoms with E-state index in [0.717, 1.165) is 26.4 Å². The second-order valence-electron chi connectivity index (χ2n) is 4.74. The summed E-state index contributed by atoms with van der Waals surface area (Å²) in [5.74, 6) is 0.876. The van der Waals surface area contributed by atoms with Gasteiger partial charge in [-0.05, 0) is 43.3 Å². The first-order valence-corrected chi connectivity index (χ1v) is 7.86. The lowest BCUT2D eigenvalue weighted by Gasteiger charge is -2.15. The zero-order chi connectivity index (χ0) is 14.7. The zero-order valence-electron chi connectivity index (χ0n) is 11.5. The van der Waals surface area contributed by atoms with Crippen molar-refractivity contribution in [3.8, 4) is 0 Å². The highest BCUT2D eigenvalue weighted by molar-refractivity contribution is 7.16. The number of aromatic nitrogens is 1. The third kappa shape index (κ3) is 3.53. The van der Waals surface area contributed by atoms with Gasteiger partial charge in [0.1, 0.15) is 11.8 Å². The number of aryl methyl sites for hydroxylation is 1. The van der Waals surface area contributed by atoms with E-state index in [2.05, 4.69) is 10.3 Å². The molecule has 0 radical (unpaired) electrons. The molecule has 0 fully saturated rings. The Morgan fingerprint density at radius 1 is 1.24 bits per heavy atom. The van der Waals surface area contributed by atoms with Crippen LogP contribution in [0.5, 0.6) is 0 Å². The molecule has 0 saturated heterocycles. The van der Waals surface area contributed by atoms with Gasteiger partial charge < -0.3 is 4.42 Å². The van der Waals surface area contributed by atoms with Gasteiger partial charge in [-0.15, -0.1) is 11.3 Å². The Hall–Kier alpha value is -1.62. The number of halogens is 1. The van der Waals surface area contributed by atoms with Gasteiger partial charge in [0, 0.05) is 17.1 Å². The summed E-state index contributed by atoms with van der Waals surface area (Å²) in [6.07, 6.45) is 1.68. The molecule has 108 valence electrons. The van der Waals surface area contributed by atoms with Crippen molar-refractivity contribution >= 4 is 22.9 Å². The molecule has 0 aliphatic rings. The minimum Gasteiger partial charge on any atom is -0.467 e. The molecule has 21 heavy (non-hydrogen) atoms. The molecule has 5 heteroatoms. The predicted octanol–water partition coefficient (Wildman–Crippen LogP) is 4.58. The van der Waals surface area contributed by atoms with Crippen molar-refractivity contribution in [2.45, 2.75) is 19.5 Å². The summed E-state index contributed by atoms with van der Waals surface area (Å²) in [6.45, 7) is 2.66. The summed E-state index contributed by atoms with van der Waals surface area (Å²) >= 11 is 7.61. The molecule has 3 rings (SSSR count). The molecule has 1 atom stereocenters. The monoisotopic (exact) mass is 318 g/mol. The molecule has 1 unspecified atom stereocenters. The van der Waals surface area contributed by atoms with Crippen molar-refractivity contribution in [3.63, 3.8) is 0 Å². The van der Waals surface area contributed by atoms with E-state index in [1.54, 1.807) is 17.6 Å². The number of pyridine rings is 1. The van der Waals surface area contributed by atoms with E-state index in [-0.39, 0.29) is 6.04 Å². The molecule has 0 bridgehead atoms.